The number of nitrogens with zero attached hydrogens (tertiary/aromatic N) is 2. The van der Waals surface area contributed by atoms with E-state index in [2.05, 4.69) is 22.4 Å². The maximum Gasteiger partial charge on any atom is 0.216 e. The van der Waals surface area contributed by atoms with Crippen molar-refractivity contribution in [1.29, 1.82) is 0 Å². The van der Waals surface area contributed by atoms with E-state index in [0.29, 0.717) is 35.5 Å². The highest BCUT2D eigenvalue weighted by Gasteiger charge is 2.25. The second kappa shape index (κ2) is 9.04. The molecule has 1 aromatic carbocycles. The van der Waals surface area contributed by atoms with Gasteiger partial charge in [0.25, 0.3) is 0 Å². The molecule has 1 heterocycles. The van der Waals surface area contributed by atoms with Crippen LogP contribution >= 0.6 is 0 Å². The van der Waals surface area contributed by atoms with E-state index in [9.17, 15) is 9.90 Å². The number of para-hydroxylation sites is 1. The van der Waals surface area contributed by atoms with Gasteiger partial charge in [-0.1, -0.05) is 31.9 Å². The third-order valence-electron chi connectivity index (χ3n) is 5.81. The SMILES string of the molecule is CC(=O)NC[C@@H]1CC[C@@H](C)CC[C@H](c2cc(-c3ccccc3O)nnc2N)C1. The lowest BCUT2D eigenvalue weighted by molar-refractivity contribution is -0.119. The molecule has 1 aliphatic carbocycles. The minimum Gasteiger partial charge on any atom is -0.507 e. The fraction of sp³-hybridized carbons (Fsp3) is 0.500. The molecule has 1 saturated carbocycles. The largest absolute Gasteiger partial charge is 0.507 e. The maximum absolute atomic E-state index is 11.4. The van der Waals surface area contributed by atoms with Gasteiger partial charge in [0.1, 0.15) is 11.6 Å². The molecule has 4 N–H and O–H groups in total. The Labute approximate surface area is 166 Å². The highest BCUT2D eigenvalue weighted by Crippen LogP contribution is 2.39. The molecule has 0 spiro atoms. The number of nitrogen functional groups attached to an aromatic ring is 1. The predicted octanol–water partition coefficient (Wildman–Crippen LogP) is 3.87. The predicted molar refractivity (Wildman–Crippen MR) is 111 cm³/mol. The average Bonchev–Trinajstić information content (AvgIpc) is 2.66. The number of hydrogen-bond donors (Lipinski definition) is 3. The monoisotopic (exact) mass is 382 g/mol. The number of phenolic OH excluding ortho intramolecular Hbond substituents is 1. The molecule has 28 heavy (non-hydrogen) atoms. The topological polar surface area (TPSA) is 101 Å². The molecule has 6 nitrogen and oxygen atoms in total. The summed E-state index contributed by atoms with van der Waals surface area (Å²) in [6.45, 7) is 4.55. The van der Waals surface area contributed by atoms with E-state index < -0.39 is 0 Å². The zero-order chi connectivity index (χ0) is 20.1. The lowest BCUT2D eigenvalue weighted by Gasteiger charge is -2.29. The minimum absolute atomic E-state index is 0.0126. The molecule has 3 atom stereocenters. The van der Waals surface area contributed by atoms with Crippen LogP contribution in [0.25, 0.3) is 11.3 Å². The number of anilines is 1. The number of phenols is 1. The number of benzene rings is 1. The number of aromatic nitrogens is 2. The van der Waals surface area contributed by atoms with Crippen LogP contribution in [0.3, 0.4) is 0 Å². The third kappa shape index (κ3) is 5.00. The number of carbonyl (C=O) groups excluding carboxylic acids is 1. The Morgan fingerprint density at radius 3 is 2.71 bits per heavy atom. The number of carbonyl (C=O) groups is 1. The smallest absolute Gasteiger partial charge is 0.216 e. The van der Waals surface area contributed by atoms with Crippen molar-refractivity contribution < 1.29 is 9.90 Å². The van der Waals surface area contributed by atoms with Crippen LogP contribution < -0.4 is 11.1 Å². The highest BCUT2D eigenvalue weighted by atomic mass is 16.3. The quantitative estimate of drug-likeness (QED) is 0.745. The van der Waals surface area contributed by atoms with Crippen molar-refractivity contribution in [2.75, 3.05) is 12.3 Å². The number of nitrogens with two attached hydrogens (primary N) is 1. The molecule has 1 amide bonds. The molecule has 0 bridgehead atoms. The Hall–Kier alpha value is -2.63. The van der Waals surface area contributed by atoms with E-state index in [0.717, 1.165) is 31.2 Å². The van der Waals surface area contributed by atoms with Crippen LogP contribution in [0.1, 0.15) is 57.4 Å². The summed E-state index contributed by atoms with van der Waals surface area (Å²) in [7, 11) is 0. The summed E-state index contributed by atoms with van der Waals surface area (Å²) in [6.07, 6.45) is 5.43. The summed E-state index contributed by atoms with van der Waals surface area (Å²) >= 11 is 0. The van der Waals surface area contributed by atoms with Gasteiger partial charge in [-0.15, -0.1) is 10.2 Å². The molecular weight excluding hydrogens is 352 g/mol. The van der Waals surface area contributed by atoms with Gasteiger partial charge in [0.05, 0.1) is 5.69 Å². The van der Waals surface area contributed by atoms with Crippen molar-refractivity contribution in [3.8, 4) is 17.0 Å². The van der Waals surface area contributed by atoms with Crippen LogP contribution in [0, 0.1) is 11.8 Å². The summed E-state index contributed by atoms with van der Waals surface area (Å²) < 4.78 is 0. The molecule has 1 aliphatic rings. The summed E-state index contributed by atoms with van der Waals surface area (Å²) in [4.78, 5) is 11.4. The van der Waals surface area contributed by atoms with E-state index in [1.54, 1.807) is 19.1 Å². The van der Waals surface area contributed by atoms with Crippen LogP contribution in [-0.2, 0) is 4.79 Å². The number of amides is 1. The van der Waals surface area contributed by atoms with E-state index in [1.807, 2.05) is 18.2 Å². The second-order valence-corrected chi connectivity index (χ2v) is 8.08. The van der Waals surface area contributed by atoms with E-state index in [-0.39, 0.29) is 17.6 Å². The normalized spacial score (nSPS) is 22.9. The maximum atomic E-state index is 11.4. The molecule has 2 aromatic rings. The van der Waals surface area contributed by atoms with Gasteiger partial charge < -0.3 is 16.2 Å². The first-order chi connectivity index (χ1) is 13.4. The molecule has 0 unspecified atom stereocenters. The molecular formula is C22H30N4O2. The van der Waals surface area contributed by atoms with Gasteiger partial charge in [-0.25, -0.2) is 0 Å². The zero-order valence-corrected chi connectivity index (χ0v) is 16.7. The van der Waals surface area contributed by atoms with Gasteiger partial charge in [-0.2, -0.15) is 0 Å². The van der Waals surface area contributed by atoms with Crippen molar-refractivity contribution in [3.63, 3.8) is 0 Å². The summed E-state index contributed by atoms with van der Waals surface area (Å²) in [5.41, 5.74) is 8.51. The van der Waals surface area contributed by atoms with Crippen LogP contribution in [0.4, 0.5) is 5.82 Å². The molecule has 1 fully saturated rings. The van der Waals surface area contributed by atoms with Gasteiger partial charge in [0.15, 0.2) is 0 Å². The van der Waals surface area contributed by atoms with Crippen molar-refractivity contribution in [3.05, 3.63) is 35.9 Å². The molecule has 1 aromatic heterocycles. The number of rotatable bonds is 4. The van der Waals surface area contributed by atoms with Gasteiger partial charge >= 0.3 is 0 Å². The minimum atomic E-state index is 0.0126. The van der Waals surface area contributed by atoms with Crippen LogP contribution in [0.2, 0.25) is 0 Å². The van der Waals surface area contributed by atoms with Crippen molar-refractivity contribution in [2.45, 2.75) is 51.9 Å². The fourth-order valence-electron chi connectivity index (χ4n) is 4.11. The standard InChI is InChI=1S/C22H30N4O2/c1-14-7-9-16(13-24-15(2)27)11-17(10-8-14)19-12-20(25-26-22(19)23)18-5-3-4-6-21(18)28/h3-6,12,14,16-17,28H,7-11,13H2,1-2H3,(H2,23,26)(H,24,27)/t14-,16-,17+/m1/s1. The number of nitrogens with one attached hydrogen (secondary N) is 1. The Bertz CT molecular complexity index is 824. The van der Waals surface area contributed by atoms with Gasteiger partial charge in [-0.05, 0) is 55.2 Å². The Balaban J connectivity index is 1.89. The van der Waals surface area contributed by atoms with E-state index in [1.165, 1.54) is 6.42 Å². The lowest BCUT2D eigenvalue weighted by Crippen LogP contribution is -2.29. The summed E-state index contributed by atoms with van der Waals surface area (Å²) in [5.74, 6) is 1.98. The van der Waals surface area contributed by atoms with E-state index >= 15 is 0 Å². The van der Waals surface area contributed by atoms with Crippen molar-refractivity contribution in [2.24, 2.45) is 11.8 Å². The Kier molecular flexibility index (Phi) is 6.49. The number of hydrogen-bond acceptors (Lipinski definition) is 5. The first kappa shape index (κ1) is 20.1. The third-order valence-corrected chi connectivity index (χ3v) is 5.81. The molecule has 150 valence electrons. The van der Waals surface area contributed by atoms with Crippen LogP contribution in [-0.4, -0.2) is 27.8 Å². The summed E-state index contributed by atoms with van der Waals surface area (Å²) in [6, 6.07) is 9.11. The van der Waals surface area contributed by atoms with E-state index in [4.69, 9.17) is 5.73 Å². The zero-order valence-electron chi connectivity index (χ0n) is 16.7. The number of aromatic hydroxyl groups is 1. The first-order valence-corrected chi connectivity index (χ1v) is 10.1. The Morgan fingerprint density at radius 2 is 1.96 bits per heavy atom. The second-order valence-electron chi connectivity index (χ2n) is 8.08. The molecule has 0 saturated heterocycles. The lowest BCUT2D eigenvalue weighted by atomic mass is 9.78. The first-order valence-electron chi connectivity index (χ1n) is 10.1. The van der Waals surface area contributed by atoms with Crippen molar-refractivity contribution >= 4 is 11.7 Å². The Morgan fingerprint density at radius 1 is 1.21 bits per heavy atom. The highest BCUT2D eigenvalue weighted by molar-refractivity contribution is 5.72. The molecule has 0 aliphatic heterocycles. The van der Waals surface area contributed by atoms with Crippen LogP contribution in [0.5, 0.6) is 5.75 Å². The molecule has 0 radical (unpaired) electrons. The van der Waals surface area contributed by atoms with Crippen molar-refractivity contribution in [1.82, 2.24) is 15.5 Å². The summed E-state index contributed by atoms with van der Waals surface area (Å²) in [5, 5.41) is 21.6. The van der Waals surface area contributed by atoms with Gasteiger partial charge in [0, 0.05) is 24.6 Å². The van der Waals surface area contributed by atoms with Crippen LogP contribution in [0.15, 0.2) is 30.3 Å². The average molecular weight is 383 g/mol. The fourth-order valence-corrected chi connectivity index (χ4v) is 4.11. The molecule has 6 heteroatoms. The van der Waals surface area contributed by atoms with Gasteiger partial charge in [-0.3, -0.25) is 4.79 Å². The van der Waals surface area contributed by atoms with Gasteiger partial charge in [0.2, 0.25) is 5.91 Å². The molecule has 3 rings (SSSR count).